The van der Waals surface area contributed by atoms with Gasteiger partial charge in [-0.25, -0.2) is 0 Å². The minimum atomic E-state index is 0.668. The summed E-state index contributed by atoms with van der Waals surface area (Å²) in [5, 5.41) is 15.7. The summed E-state index contributed by atoms with van der Waals surface area (Å²) in [6.07, 6.45) is 5.01. The van der Waals surface area contributed by atoms with Crippen molar-refractivity contribution in [2.75, 3.05) is 6.54 Å². The molecule has 0 aliphatic rings. The monoisotopic (exact) mass is 234 g/mol. The van der Waals surface area contributed by atoms with Crippen molar-refractivity contribution in [2.45, 2.75) is 26.4 Å². The summed E-state index contributed by atoms with van der Waals surface area (Å²) in [5.41, 5.74) is 1.98. The van der Waals surface area contributed by atoms with Crippen molar-refractivity contribution in [2.24, 2.45) is 7.05 Å². The van der Waals surface area contributed by atoms with Crippen LogP contribution in [0.3, 0.4) is 0 Å². The number of nitrogens with one attached hydrogen (secondary N) is 1. The van der Waals surface area contributed by atoms with E-state index in [4.69, 9.17) is 0 Å². The molecule has 0 bridgehead atoms. The molecule has 0 radical (unpaired) electrons. The fourth-order valence-corrected chi connectivity index (χ4v) is 1.61. The standard InChI is InChI=1S/C11H18N6/c1-3-5-12-7-10-4-6-17(14-10)9-11-8-16(2)15-13-11/h4,6,8,12H,3,5,7,9H2,1-2H3. The molecule has 0 spiro atoms. The first-order valence-electron chi connectivity index (χ1n) is 5.86. The second kappa shape index (κ2) is 5.58. The largest absolute Gasteiger partial charge is 0.311 e. The maximum absolute atomic E-state index is 4.46. The van der Waals surface area contributed by atoms with Gasteiger partial charge in [-0.3, -0.25) is 9.36 Å². The molecule has 2 aromatic heterocycles. The van der Waals surface area contributed by atoms with Crippen molar-refractivity contribution in [1.29, 1.82) is 0 Å². The van der Waals surface area contributed by atoms with E-state index in [0.29, 0.717) is 6.54 Å². The summed E-state index contributed by atoms with van der Waals surface area (Å²) >= 11 is 0. The van der Waals surface area contributed by atoms with E-state index in [1.54, 1.807) is 4.68 Å². The number of aryl methyl sites for hydroxylation is 1. The van der Waals surface area contributed by atoms with Gasteiger partial charge in [0, 0.05) is 26.0 Å². The predicted molar refractivity (Wildman–Crippen MR) is 64.3 cm³/mol. The van der Waals surface area contributed by atoms with E-state index in [-0.39, 0.29) is 0 Å². The molecule has 17 heavy (non-hydrogen) atoms. The van der Waals surface area contributed by atoms with Crippen LogP contribution in [0.4, 0.5) is 0 Å². The number of rotatable bonds is 6. The maximum Gasteiger partial charge on any atom is 0.104 e. The highest BCUT2D eigenvalue weighted by Gasteiger charge is 2.02. The van der Waals surface area contributed by atoms with Crippen LogP contribution in [0.25, 0.3) is 0 Å². The van der Waals surface area contributed by atoms with Crippen molar-refractivity contribution in [1.82, 2.24) is 30.1 Å². The minimum absolute atomic E-state index is 0.668. The van der Waals surface area contributed by atoms with Gasteiger partial charge in [-0.05, 0) is 19.0 Å². The fraction of sp³-hybridized carbons (Fsp3) is 0.545. The zero-order valence-electron chi connectivity index (χ0n) is 10.3. The molecular weight excluding hydrogens is 216 g/mol. The highest BCUT2D eigenvalue weighted by Crippen LogP contribution is 1.99. The van der Waals surface area contributed by atoms with Crippen molar-refractivity contribution < 1.29 is 0 Å². The first-order valence-corrected chi connectivity index (χ1v) is 5.86. The Morgan fingerprint density at radius 2 is 2.24 bits per heavy atom. The zero-order chi connectivity index (χ0) is 12.1. The average Bonchev–Trinajstić information content (AvgIpc) is 2.90. The molecule has 0 saturated carbocycles. The average molecular weight is 234 g/mol. The molecule has 0 aromatic carbocycles. The van der Waals surface area contributed by atoms with Crippen LogP contribution in [-0.2, 0) is 20.1 Å². The molecular formula is C11H18N6. The maximum atomic E-state index is 4.46. The summed E-state index contributed by atoms with van der Waals surface area (Å²) < 4.78 is 3.58. The van der Waals surface area contributed by atoms with Crippen molar-refractivity contribution in [3.05, 3.63) is 29.8 Å². The number of hydrogen-bond donors (Lipinski definition) is 1. The SMILES string of the molecule is CCCNCc1ccn(Cc2cn(C)nn2)n1. The summed E-state index contributed by atoms with van der Waals surface area (Å²) in [6, 6.07) is 2.03. The Kier molecular flexibility index (Phi) is 3.87. The summed E-state index contributed by atoms with van der Waals surface area (Å²) in [7, 11) is 1.86. The van der Waals surface area contributed by atoms with Crippen LogP contribution >= 0.6 is 0 Å². The van der Waals surface area contributed by atoms with Crippen LogP contribution in [0.2, 0.25) is 0 Å². The third-order valence-corrected chi connectivity index (χ3v) is 2.40. The lowest BCUT2D eigenvalue weighted by Gasteiger charge is -1.99. The van der Waals surface area contributed by atoms with Gasteiger partial charge in [0.05, 0.1) is 12.2 Å². The molecule has 6 nitrogen and oxygen atoms in total. The molecule has 1 N–H and O–H groups in total. The highest BCUT2D eigenvalue weighted by molar-refractivity contribution is 5.01. The van der Waals surface area contributed by atoms with Crippen LogP contribution in [-0.4, -0.2) is 31.3 Å². The summed E-state index contributed by atoms with van der Waals surface area (Å²) in [6.45, 7) is 4.67. The van der Waals surface area contributed by atoms with Crippen LogP contribution in [0.5, 0.6) is 0 Å². The molecule has 92 valence electrons. The van der Waals surface area contributed by atoms with Gasteiger partial charge < -0.3 is 5.32 Å². The molecule has 0 aliphatic carbocycles. The van der Waals surface area contributed by atoms with E-state index in [0.717, 1.165) is 30.9 Å². The van der Waals surface area contributed by atoms with Gasteiger partial charge >= 0.3 is 0 Å². The minimum Gasteiger partial charge on any atom is -0.311 e. The van der Waals surface area contributed by atoms with Gasteiger partial charge in [0.25, 0.3) is 0 Å². The molecule has 2 aromatic rings. The first-order chi connectivity index (χ1) is 8.28. The molecule has 0 saturated heterocycles. The summed E-state index contributed by atoms with van der Waals surface area (Å²) in [5.74, 6) is 0. The van der Waals surface area contributed by atoms with Gasteiger partial charge in [-0.1, -0.05) is 12.1 Å². The van der Waals surface area contributed by atoms with Gasteiger partial charge in [-0.15, -0.1) is 5.10 Å². The third-order valence-electron chi connectivity index (χ3n) is 2.40. The lowest BCUT2D eigenvalue weighted by molar-refractivity contribution is 0.622. The van der Waals surface area contributed by atoms with E-state index in [2.05, 4.69) is 27.7 Å². The van der Waals surface area contributed by atoms with Crippen molar-refractivity contribution in [3.8, 4) is 0 Å². The van der Waals surface area contributed by atoms with Gasteiger partial charge in [0.1, 0.15) is 5.69 Å². The molecule has 0 unspecified atom stereocenters. The zero-order valence-corrected chi connectivity index (χ0v) is 10.3. The molecule has 0 aliphatic heterocycles. The van der Waals surface area contributed by atoms with E-state index < -0.39 is 0 Å². The Bertz CT molecular complexity index is 458. The molecule has 2 rings (SSSR count). The Labute approximate surface area is 101 Å². The lowest BCUT2D eigenvalue weighted by Crippen LogP contribution is -2.14. The Morgan fingerprint density at radius 1 is 1.35 bits per heavy atom. The molecule has 6 heteroatoms. The molecule has 0 fully saturated rings. The predicted octanol–water partition coefficient (Wildman–Crippen LogP) is 0.559. The van der Waals surface area contributed by atoms with Crippen LogP contribution < -0.4 is 5.32 Å². The first kappa shape index (κ1) is 11.8. The smallest absolute Gasteiger partial charge is 0.104 e. The molecule has 0 atom stereocenters. The normalized spacial score (nSPS) is 10.9. The number of hydrogen-bond acceptors (Lipinski definition) is 4. The Balaban J connectivity index is 1.89. The highest BCUT2D eigenvalue weighted by atomic mass is 15.4. The van der Waals surface area contributed by atoms with Crippen LogP contribution in [0.1, 0.15) is 24.7 Å². The molecule has 2 heterocycles. The van der Waals surface area contributed by atoms with E-state index in [9.17, 15) is 0 Å². The second-order valence-electron chi connectivity index (χ2n) is 4.06. The van der Waals surface area contributed by atoms with E-state index >= 15 is 0 Å². The van der Waals surface area contributed by atoms with E-state index in [1.807, 2.05) is 30.2 Å². The molecule has 0 amide bonds. The summed E-state index contributed by atoms with van der Waals surface area (Å²) in [4.78, 5) is 0. The van der Waals surface area contributed by atoms with Crippen molar-refractivity contribution >= 4 is 0 Å². The lowest BCUT2D eigenvalue weighted by atomic mass is 10.4. The van der Waals surface area contributed by atoms with Crippen molar-refractivity contribution in [3.63, 3.8) is 0 Å². The second-order valence-corrected chi connectivity index (χ2v) is 4.06. The quantitative estimate of drug-likeness (QED) is 0.742. The number of nitrogens with zero attached hydrogens (tertiary/aromatic N) is 5. The van der Waals surface area contributed by atoms with E-state index in [1.165, 1.54) is 0 Å². The van der Waals surface area contributed by atoms with Crippen LogP contribution in [0, 0.1) is 0 Å². The van der Waals surface area contributed by atoms with Gasteiger partial charge in [0.15, 0.2) is 0 Å². The number of aromatic nitrogens is 5. The van der Waals surface area contributed by atoms with Crippen LogP contribution in [0.15, 0.2) is 18.5 Å². The Morgan fingerprint density at radius 3 is 2.94 bits per heavy atom. The van der Waals surface area contributed by atoms with Gasteiger partial charge in [-0.2, -0.15) is 5.10 Å². The Hall–Kier alpha value is -1.69. The van der Waals surface area contributed by atoms with Gasteiger partial charge in [0.2, 0.25) is 0 Å². The fourth-order valence-electron chi connectivity index (χ4n) is 1.61. The topological polar surface area (TPSA) is 60.6 Å². The third kappa shape index (κ3) is 3.39.